The standard InChI is InChI=1S/C63H98O5/c1-4-7-10-13-16-19-22-25-28-30-32-33-36-38-41-44-47-50-53-56-62(64)67-60-61(68-63(65)57-54-51-48-45-42-39-35-27-24-21-18-15-12-9-6-3)59-66-58-55-52-49-46-43-40-37-34-31-29-26-23-20-17-14-11-8-5-2/h7-12,16-21,25-29,32-35,37-38,41-42,45,61H,4-6,13-15,22-24,30-31,36,39-40,43-44,46-60H2,1-3H3/b10-7-,11-8-,12-9-,19-16-,20-17-,21-18-,28-25-,29-26-,33-32-,35-27-,37-34-,41-38-,45-42-. The van der Waals surface area contributed by atoms with E-state index in [1.807, 2.05) is 0 Å². The van der Waals surface area contributed by atoms with Gasteiger partial charge in [-0.1, -0.05) is 204 Å². The molecule has 0 amide bonds. The van der Waals surface area contributed by atoms with Gasteiger partial charge in [-0.25, -0.2) is 0 Å². The van der Waals surface area contributed by atoms with Crippen LogP contribution in [-0.4, -0.2) is 37.9 Å². The summed E-state index contributed by atoms with van der Waals surface area (Å²) in [5, 5.41) is 0. The van der Waals surface area contributed by atoms with Gasteiger partial charge in [-0.3, -0.25) is 9.59 Å². The van der Waals surface area contributed by atoms with Crippen molar-refractivity contribution in [2.24, 2.45) is 0 Å². The molecule has 0 aromatic heterocycles. The predicted molar refractivity (Wildman–Crippen MR) is 297 cm³/mol. The summed E-state index contributed by atoms with van der Waals surface area (Å²) in [6, 6.07) is 0. The minimum absolute atomic E-state index is 0.0316. The molecule has 0 radical (unpaired) electrons. The Morgan fingerprint density at radius 1 is 0.324 bits per heavy atom. The number of allylic oxidation sites excluding steroid dienone is 26. The lowest BCUT2D eigenvalue weighted by Crippen LogP contribution is -2.30. The summed E-state index contributed by atoms with van der Waals surface area (Å²) in [5.74, 6) is -0.507. The summed E-state index contributed by atoms with van der Waals surface area (Å²) in [6.07, 6.45) is 84.0. The summed E-state index contributed by atoms with van der Waals surface area (Å²) in [7, 11) is 0. The molecule has 380 valence electrons. The fourth-order valence-electron chi connectivity index (χ4n) is 6.63. The van der Waals surface area contributed by atoms with Crippen LogP contribution in [0.1, 0.15) is 201 Å². The maximum atomic E-state index is 12.8. The second kappa shape index (κ2) is 56.8. The zero-order valence-corrected chi connectivity index (χ0v) is 43.6. The Hall–Kier alpha value is -4.48. The Kier molecular flexibility index (Phi) is 53.1. The first-order chi connectivity index (χ1) is 33.6. The van der Waals surface area contributed by atoms with E-state index < -0.39 is 6.10 Å². The second-order valence-electron chi connectivity index (χ2n) is 17.0. The number of ether oxygens (including phenoxy) is 3. The molecule has 1 atom stereocenters. The lowest BCUT2D eigenvalue weighted by Gasteiger charge is -2.18. The van der Waals surface area contributed by atoms with Crippen LogP contribution in [0.25, 0.3) is 0 Å². The molecule has 5 nitrogen and oxygen atoms in total. The van der Waals surface area contributed by atoms with E-state index in [0.29, 0.717) is 19.4 Å². The molecule has 0 spiro atoms. The molecule has 0 rings (SSSR count). The van der Waals surface area contributed by atoms with Crippen LogP contribution in [-0.2, 0) is 23.8 Å². The van der Waals surface area contributed by atoms with Crippen molar-refractivity contribution in [1.29, 1.82) is 0 Å². The van der Waals surface area contributed by atoms with Crippen LogP contribution in [0.3, 0.4) is 0 Å². The summed E-state index contributed by atoms with van der Waals surface area (Å²) >= 11 is 0. The monoisotopic (exact) mass is 935 g/mol. The van der Waals surface area contributed by atoms with Crippen molar-refractivity contribution in [1.82, 2.24) is 0 Å². The molecule has 0 heterocycles. The minimum Gasteiger partial charge on any atom is -0.462 e. The van der Waals surface area contributed by atoms with Crippen molar-refractivity contribution in [2.75, 3.05) is 19.8 Å². The first-order valence-electron chi connectivity index (χ1n) is 27.0. The van der Waals surface area contributed by atoms with Gasteiger partial charge >= 0.3 is 11.9 Å². The Balaban J connectivity index is 4.48. The summed E-state index contributed by atoms with van der Waals surface area (Å²) < 4.78 is 17.4. The molecule has 0 bridgehead atoms. The maximum Gasteiger partial charge on any atom is 0.306 e. The predicted octanol–water partition coefficient (Wildman–Crippen LogP) is 18.7. The molecular formula is C63H98O5. The Labute approximate surface area is 418 Å². The van der Waals surface area contributed by atoms with E-state index >= 15 is 0 Å². The van der Waals surface area contributed by atoms with Crippen LogP contribution in [0, 0.1) is 0 Å². The molecule has 68 heavy (non-hydrogen) atoms. The minimum atomic E-state index is -0.595. The van der Waals surface area contributed by atoms with Gasteiger partial charge in [0.25, 0.3) is 0 Å². The highest BCUT2D eigenvalue weighted by Crippen LogP contribution is 2.11. The van der Waals surface area contributed by atoms with Gasteiger partial charge in [-0.15, -0.1) is 0 Å². The molecule has 0 aromatic carbocycles. The van der Waals surface area contributed by atoms with Gasteiger partial charge in [0.15, 0.2) is 6.10 Å². The van der Waals surface area contributed by atoms with Crippen LogP contribution in [0.15, 0.2) is 158 Å². The van der Waals surface area contributed by atoms with Gasteiger partial charge in [0.05, 0.1) is 6.61 Å². The highest BCUT2D eigenvalue weighted by Gasteiger charge is 2.17. The SMILES string of the molecule is CC/C=C\C/C=C\C/C=C\C/C=C\C/C=C\CCCCCC(=O)OCC(COCCCCCCC/C=C\C/C=C\C/C=C\C/C=C\CC)OC(=O)CCCC/C=C\C/C=C\C/C=C\C/C=C\CC. The number of esters is 2. The largest absolute Gasteiger partial charge is 0.462 e. The van der Waals surface area contributed by atoms with Crippen molar-refractivity contribution in [3.63, 3.8) is 0 Å². The number of hydrogen-bond donors (Lipinski definition) is 0. The van der Waals surface area contributed by atoms with E-state index in [1.165, 1.54) is 19.3 Å². The third kappa shape index (κ3) is 54.1. The first kappa shape index (κ1) is 63.5. The molecule has 0 saturated carbocycles. The molecule has 0 fully saturated rings. The van der Waals surface area contributed by atoms with Crippen molar-refractivity contribution >= 4 is 11.9 Å². The quantitative estimate of drug-likeness (QED) is 0.0346. The van der Waals surface area contributed by atoms with Gasteiger partial charge in [0, 0.05) is 19.4 Å². The van der Waals surface area contributed by atoms with Crippen LogP contribution in [0.4, 0.5) is 0 Å². The maximum absolute atomic E-state index is 12.8. The number of carbonyl (C=O) groups is 2. The number of carbonyl (C=O) groups excluding carboxylic acids is 2. The zero-order chi connectivity index (χ0) is 49.2. The molecule has 0 N–H and O–H groups in total. The van der Waals surface area contributed by atoms with Crippen LogP contribution in [0.5, 0.6) is 0 Å². The summed E-state index contributed by atoms with van der Waals surface area (Å²) in [4.78, 5) is 25.5. The number of unbranched alkanes of at least 4 members (excludes halogenated alkanes) is 10. The lowest BCUT2D eigenvalue weighted by molar-refractivity contribution is -0.163. The van der Waals surface area contributed by atoms with Crippen LogP contribution < -0.4 is 0 Å². The molecule has 0 aromatic rings. The molecule has 5 heteroatoms. The van der Waals surface area contributed by atoms with Gasteiger partial charge < -0.3 is 14.2 Å². The van der Waals surface area contributed by atoms with Gasteiger partial charge in [-0.2, -0.15) is 0 Å². The van der Waals surface area contributed by atoms with E-state index in [0.717, 1.165) is 148 Å². The highest BCUT2D eigenvalue weighted by atomic mass is 16.6. The van der Waals surface area contributed by atoms with E-state index in [2.05, 4.69) is 179 Å². The Bertz CT molecular complexity index is 1520. The topological polar surface area (TPSA) is 61.8 Å². The highest BCUT2D eigenvalue weighted by molar-refractivity contribution is 5.70. The van der Waals surface area contributed by atoms with Crippen LogP contribution in [0.2, 0.25) is 0 Å². The van der Waals surface area contributed by atoms with Gasteiger partial charge in [-0.05, 0) is 141 Å². The normalized spacial score (nSPS) is 13.5. The van der Waals surface area contributed by atoms with Crippen molar-refractivity contribution in [3.8, 4) is 0 Å². The van der Waals surface area contributed by atoms with Crippen molar-refractivity contribution in [2.45, 2.75) is 207 Å². The second-order valence-corrected chi connectivity index (χ2v) is 17.0. The fourth-order valence-corrected chi connectivity index (χ4v) is 6.63. The molecule has 0 aliphatic carbocycles. The molecule has 0 aliphatic heterocycles. The lowest BCUT2D eigenvalue weighted by atomic mass is 10.1. The van der Waals surface area contributed by atoms with Gasteiger partial charge in [0.2, 0.25) is 0 Å². The van der Waals surface area contributed by atoms with E-state index in [9.17, 15) is 9.59 Å². The Morgan fingerprint density at radius 2 is 0.618 bits per heavy atom. The molecule has 0 saturated heterocycles. The van der Waals surface area contributed by atoms with E-state index in [1.54, 1.807) is 0 Å². The number of rotatable bonds is 47. The summed E-state index contributed by atoms with van der Waals surface area (Å²) in [5.41, 5.74) is 0. The fraction of sp³-hybridized carbons (Fsp3) is 0.556. The van der Waals surface area contributed by atoms with E-state index in [-0.39, 0.29) is 25.2 Å². The van der Waals surface area contributed by atoms with Gasteiger partial charge in [0.1, 0.15) is 6.61 Å². The molecule has 0 aliphatic rings. The number of hydrogen-bond acceptors (Lipinski definition) is 5. The third-order valence-electron chi connectivity index (χ3n) is 10.5. The first-order valence-corrected chi connectivity index (χ1v) is 27.0. The summed E-state index contributed by atoms with van der Waals surface area (Å²) in [6.45, 7) is 7.34. The van der Waals surface area contributed by atoms with E-state index in [4.69, 9.17) is 14.2 Å². The third-order valence-corrected chi connectivity index (χ3v) is 10.5. The van der Waals surface area contributed by atoms with Crippen LogP contribution >= 0.6 is 0 Å². The smallest absolute Gasteiger partial charge is 0.306 e. The van der Waals surface area contributed by atoms with Crippen molar-refractivity contribution in [3.05, 3.63) is 158 Å². The zero-order valence-electron chi connectivity index (χ0n) is 43.6. The average Bonchev–Trinajstić information content (AvgIpc) is 3.34. The Morgan fingerprint density at radius 3 is 1.01 bits per heavy atom. The molecule has 1 unspecified atom stereocenters. The van der Waals surface area contributed by atoms with Crippen molar-refractivity contribution < 1.29 is 23.8 Å². The average molecular weight is 935 g/mol. The molecular weight excluding hydrogens is 837 g/mol.